The smallest absolute Gasteiger partial charge is 0.357 e. The molecule has 2 N–H and O–H groups in total. The SMILES string of the molecule is COC(=O)c1nc(NC(=O)CC[C@H]2NC(=O)N(Cc3ccccc3Cl)C2=O)sc1C. The molecule has 1 saturated heterocycles. The number of hydrogen-bond donors (Lipinski definition) is 2. The van der Waals surface area contributed by atoms with Crippen molar-refractivity contribution in [1.82, 2.24) is 15.2 Å². The molecule has 0 spiro atoms. The summed E-state index contributed by atoms with van der Waals surface area (Å²) in [5.74, 6) is -1.38. The number of nitrogens with zero attached hydrogens (tertiary/aromatic N) is 2. The lowest BCUT2D eigenvalue weighted by Crippen LogP contribution is -2.31. The molecule has 1 aliphatic rings. The molecule has 9 nitrogen and oxygen atoms in total. The average Bonchev–Trinajstić information content (AvgIpc) is 3.21. The van der Waals surface area contributed by atoms with E-state index < -0.39 is 23.9 Å². The number of hydrogen-bond acceptors (Lipinski definition) is 7. The summed E-state index contributed by atoms with van der Waals surface area (Å²) in [6.45, 7) is 1.75. The topological polar surface area (TPSA) is 118 Å². The first-order valence-corrected chi connectivity index (χ1v) is 10.2. The fraction of sp³-hybridized carbons (Fsp3) is 0.316. The van der Waals surface area contributed by atoms with Gasteiger partial charge in [-0.15, -0.1) is 11.3 Å². The number of anilines is 1. The number of aromatic nitrogens is 1. The standard InChI is InChI=1S/C19H19ClN4O5S/c1-10-15(17(27)29-2)23-18(30-10)22-14(25)8-7-13-16(26)24(19(28)21-13)9-11-5-3-4-6-12(11)20/h3-6,13H,7-9H2,1-2H3,(H,21,28)(H,22,23,25)/t13-/m1/s1. The van der Waals surface area contributed by atoms with E-state index in [1.807, 2.05) is 0 Å². The Morgan fingerprint density at radius 2 is 2.07 bits per heavy atom. The highest BCUT2D eigenvalue weighted by atomic mass is 35.5. The van der Waals surface area contributed by atoms with Gasteiger partial charge in [-0.1, -0.05) is 29.8 Å². The van der Waals surface area contributed by atoms with Crippen LogP contribution >= 0.6 is 22.9 Å². The summed E-state index contributed by atoms with van der Waals surface area (Å²) in [4.78, 5) is 54.3. The number of urea groups is 1. The largest absolute Gasteiger partial charge is 0.464 e. The van der Waals surface area contributed by atoms with Crippen molar-refractivity contribution >= 4 is 51.9 Å². The Morgan fingerprint density at radius 1 is 1.33 bits per heavy atom. The molecule has 11 heteroatoms. The predicted molar refractivity (Wildman–Crippen MR) is 110 cm³/mol. The van der Waals surface area contributed by atoms with Crippen LogP contribution < -0.4 is 10.6 Å². The van der Waals surface area contributed by atoms with Crippen molar-refractivity contribution in [3.8, 4) is 0 Å². The molecular formula is C19H19ClN4O5S. The Hall–Kier alpha value is -2.98. The molecule has 3 rings (SSSR count). The first-order chi connectivity index (χ1) is 14.3. The van der Waals surface area contributed by atoms with Crippen molar-refractivity contribution in [2.24, 2.45) is 0 Å². The van der Waals surface area contributed by atoms with E-state index in [0.29, 0.717) is 15.5 Å². The molecule has 1 aromatic carbocycles. The quantitative estimate of drug-likeness (QED) is 0.494. The molecule has 1 fully saturated rings. The van der Waals surface area contributed by atoms with Crippen LogP contribution in [-0.4, -0.2) is 46.9 Å². The molecule has 2 aromatic rings. The molecule has 158 valence electrons. The van der Waals surface area contributed by atoms with Crippen molar-refractivity contribution in [3.63, 3.8) is 0 Å². The third kappa shape index (κ3) is 4.77. The maximum absolute atomic E-state index is 12.6. The molecule has 1 aliphatic heterocycles. The molecule has 2 heterocycles. The molecular weight excluding hydrogens is 432 g/mol. The molecule has 0 unspecified atom stereocenters. The average molecular weight is 451 g/mol. The molecule has 1 atom stereocenters. The van der Waals surface area contributed by atoms with Gasteiger partial charge in [0.05, 0.1) is 13.7 Å². The second kappa shape index (κ2) is 9.23. The van der Waals surface area contributed by atoms with Crippen LogP contribution in [0, 0.1) is 6.92 Å². The van der Waals surface area contributed by atoms with Gasteiger partial charge in [0.25, 0.3) is 5.91 Å². The molecule has 0 bridgehead atoms. The number of benzene rings is 1. The maximum Gasteiger partial charge on any atom is 0.357 e. The first kappa shape index (κ1) is 21.7. The number of nitrogens with one attached hydrogen (secondary N) is 2. The summed E-state index contributed by atoms with van der Waals surface area (Å²) >= 11 is 7.25. The minimum absolute atomic E-state index is 0.0111. The summed E-state index contributed by atoms with van der Waals surface area (Å²) in [6.07, 6.45) is 0.118. The van der Waals surface area contributed by atoms with Crippen LogP contribution in [0.25, 0.3) is 0 Å². The molecule has 0 saturated carbocycles. The Balaban J connectivity index is 1.55. The van der Waals surface area contributed by atoms with E-state index >= 15 is 0 Å². The van der Waals surface area contributed by atoms with Gasteiger partial charge >= 0.3 is 12.0 Å². The van der Waals surface area contributed by atoms with Gasteiger partial charge in [-0.2, -0.15) is 0 Å². The number of carbonyl (C=O) groups excluding carboxylic acids is 4. The summed E-state index contributed by atoms with van der Waals surface area (Å²) in [6, 6.07) is 5.63. The lowest BCUT2D eigenvalue weighted by Gasteiger charge is -2.14. The minimum Gasteiger partial charge on any atom is -0.464 e. The molecule has 1 aromatic heterocycles. The maximum atomic E-state index is 12.6. The van der Waals surface area contributed by atoms with Gasteiger partial charge in [0, 0.05) is 16.3 Å². The highest BCUT2D eigenvalue weighted by Gasteiger charge is 2.38. The van der Waals surface area contributed by atoms with Crippen molar-refractivity contribution < 1.29 is 23.9 Å². The number of imide groups is 1. The monoisotopic (exact) mass is 450 g/mol. The number of ether oxygens (including phenoxy) is 1. The number of rotatable bonds is 7. The van der Waals surface area contributed by atoms with Gasteiger partial charge in [0.1, 0.15) is 6.04 Å². The number of amides is 4. The van der Waals surface area contributed by atoms with Crippen LogP contribution in [0.3, 0.4) is 0 Å². The molecule has 4 amide bonds. The van der Waals surface area contributed by atoms with E-state index in [-0.39, 0.29) is 36.1 Å². The summed E-state index contributed by atoms with van der Waals surface area (Å²) in [5.41, 5.74) is 0.799. The number of esters is 1. The fourth-order valence-electron chi connectivity index (χ4n) is 2.91. The van der Waals surface area contributed by atoms with Crippen molar-refractivity contribution in [2.75, 3.05) is 12.4 Å². The number of carbonyl (C=O) groups is 4. The summed E-state index contributed by atoms with van der Waals surface area (Å²) < 4.78 is 4.63. The summed E-state index contributed by atoms with van der Waals surface area (Å²) in [5, 5.41) is 5.91. The number of thiazole rings is 1. The zero-order valence-electron chi connectivity index (χ0n) is 16.2. The van der Waals surface area contributed by atoms with Gasteiger partial charge in [-0.3, -0.25) is 14.5 Å². The van der Waals surface area contributed by atoms with Crippen LogP contribution in [0.15, 0.2) is 24.3 Å². The van der Waals surface area contributed by atoms with Gasteiger partial charge in [0.2, 0.25) is 5.91 Å². The van der Waals surface area contributed by atoms with Crippen molar-refractivity contribution in [2.45, 2.75) is 32.4 Å². The van der Waals surface area contributed by atoms with Crippen LogP contribution in [0.5, 0.6) is 0 Å². The minimum atomic E-state index is -0.797. The Bertz CT molecular complexity index is 1010. The number of halogens is 1. The molecule has 0 aliphatic carbocycles. The predicted octanol–water partition coefficient (Wildman–Crippen LogP) is 2.73. The normalized spacial score (nSPS) is 15.8. The van der Waals surface area contributed by atoms with Crippen LogP contribution in [0.4, 0.5) is 9.93 Å². The van der Waals surface area contributed by atoms with E-state index in [0.717, 1.165) is 16.2 Å². The second-order valence-corrected chi connectivity index (χ2v) is 8.13. The fourth-order valence-corrected chi connectivity index (χ4v) is 3.93. The van der Waals surface area contributed by atoms with Crippen LogP contribution in [0.2, 0.25) is 5.02 Å². The number of methoxy groups -OCH3 is 1. The van der Waals surface area contributed by atoms with Crippen LogP contribution in [-0.2, 0) is 20.9 Å². The number of aryl methyl sites for hydroxylation is 1. The van der Waals surface area contributed by atoms with E-state index in [9.17, 15) is 19.2 Å². The van der Waals surface area contributed by atoms with Gasteiger partial charge in [-0.05, 0) is 25.0 Å². The highest BCUT2D eigenvalue weighted by molar-refractivity contribution is 7.16. The zero-order valence-corrected chi connectivity index (χ0v) is 17.8. The first-order valence-electron chi connectivity index (χ1n) is 9.01. The van der Waals surface area contributed by atoms with E-state index in [4.69, 9.17) is 11.6 Å². The van der Waals surface area contributed by atoms with Crippen molar-refractivity contribution in [3.05, 3.63) is 45.4 Å². The van der Waals surface area contributed by atoms with E-state index in [1.54, 1.807) is 31.2 Å². The second-order valence-electron chi connectivity index (χ2n) is 6.52. The third-order valence-electron chi connectivity index (χ3n) is 4.48. The molecule has 0 radical (unpaired) electrons. The Labute approximate surface area is 181 Å². The van der Waals surface area contributed by atoms with E-state index in [2.05, 4.69) is 20.4 Å². The third-order valence-corrected chi connectivity index (χ3v) is 5.73. The molecule has 30 heavy (non-hydrogen) atoms. The van der Waals surface area contributed by atoms with E-state index in [1.165, 1.54) is 7.11 Å². The lowest BCUT2D eigenvalue weighted by atomic mass is 10.1. The Morgan fingerprint density at radius 3 is 2.77 bits per heavy atom. The van der Waals surface area contributed by atoms with Crippen molar-refractivity contribution in [1.29, 1.82) is 0 Å². The van der Waals surface area contributed by atoms with Crippen LogP contribution in [0.1, 0.15) is 33.8 Å². The zero-order chi connectivity index (χ0) is 21.8. The Kier molecular flexibility index (Phi) is 6.68. The summed E-state index contributed by atoms with van der Waals surface area (Å²) in [7, 11) is 1.25. The lowest BCUT2D eigenvalue weighted by molar-refractivity contribution is -0.128. The van der Waals surface area contributed by atoms with Gasteiger partial charge in [-0.25, -0.2) is 14.6 Å². The van der Waals surface area contributed by atoms with Gasteiger partial charge < -0.3 is 15.4 Å². The highest BCUT2D eigenvalue weighted by Crippen LogP contribution is 2.24. The van der Waals surface area contributed by atoms with Gasteiger partial charge in [0.15, 0.2) is 10.8 Å².